The number of hydrogen-bond donors (Lipinski definition) is 1. The van der Waals surface area contributed by atoms with Gasteiger partial charge in [-0.3, -0.25) is 0 Å². The van der Waals surface area contributed by atoms with Gasteiger partial charge in [0, 0.05) is 21.3 Å². The van der Waals surface area contributed by atoms with Crippen molar-refractivity contribution in [3.05, 3.63) is 70.1 Å². The topological polar surface area (TPSA) is 12.0 Å². The molecule has 3 aromatic rings. The Balaban J connectivity index is 1.46. The molecule has 0 bridgehead atoms. The molecule has 1 N–H and O–H groups in total. The minimum Gasteiger partial charge on any atom is -0.382 e. The second-order valence-electron chi connectivity index (χ2n) is 10.5. The van der Waals surface area contributed by atoms with E-state index < -0.39 is 0 Å². The average Bonchev–Trinajstić information content (AvgIpc) is 3.28. The largest absolute Gasteiger partial charge is 0.382 e. The molecule has 2 aromatic carbocycles. The van der Waals surface area contributed by atoms with Gasteiger partial charge in [-0.15, -0.1) is 11.3 Å². The van der Waals surface area contributed by atoms with Crippen molar-refractivity contribution in [2.45, 2.75) is 58.4 Å². The molecule has 0 spiro atoms. The molecule has 1 fully saturated rings. The van der Waals surface area contributed by atoms with Gasteiger partial charge in [-0.2, -0.15) is 0 Å². The number of nitrogens with one attached hydrogen (secondary N) is 1. The van der Waals surface area contributed by atoms with Gasteiger partial charge in [-0.1, -0.05) is 70.2 Å². The summed E-state index contributed by atoms with van der Waals surface area (Å²) in [7, 11) is 0. The van der Waals surface area contributed by atoms with Crippen LogP contribution in [0.3, 0.4) is 0 Å². The molecular formula is C29H33NS. The first-order valence-corrected chi connectivity index (χ1v) is 12.9. The van der Waals surface area contributed by atoms with E-state index in [1.807, 2.05) is 11.3 Å². The maximum absolute atomic E-state index is 3.99. The van der Waals surface area contributed by atoms with E-state index in [4.69, 9.17) is 0 Å². The van der Waals surface area contributed by atoms with E-state index in [0.717, 1.165) is 0 Å². The van der Waals surface area contributed by atoms with Gasteiger partial charge >= 0.3 is 0 Å². The van der Waals surface area contributed by atoms with Crippen molar-refractivity contribution in [2.24, 2.45) is 23.7 Å². The van der Waals surface area contributed by atoms with Crippen molar-refractivity contribution in [1.29, 1.82) is 0 Å². The molecule has 1 nitrogen and oxygen atoms in total. The molecule has 160 valence electrons. The van der Waals surface area contributed by atoms with Crippen molar-refractivity contribution in [3.63, 3.8) is 0 Å². The number of fused-ring (bicyclic) bond motifs is 6. The fourth-order valence-corrected chi connectivity index (χ4v) is 8.04. The van der Waals surface area contributed by atoms with Gasteiger partial charge in [0.05, 0.1) is 0 Å². The van der Waals surface area contributed by atoms with Crippen LogP contribution in [-0.4, -0.2) is 6.04 Å². The first-order valence-electron chi connectivity index (χ1n) is 12.1. The zero-order valence-corrected chi connectivity index (χ0v) is 19.9. The van der Waals surface area contributed by atoms with Gasteiger partial charge < -0.3 is 5.32 Å². The molecule has 31 heavy (non-hydrogen) atoms. The number of thiophene rings is 1. The molecule has 1 aliphatic heterocycles. The summed E-state index contributed by atoms with van der Waals surface area (Å²) in [6.45, 7) is 9.73. The summed E-state index contributed by atoms with van der Waals surface area (Å²) in [5, 5.41) is 5.49. The number of aryl methyl sites for hydroxylation is 1. The average molecular weight is 428 g/mol. The Hall–Kier alpha value is -2.06. The first kappa shape index (κ1) is 19.6. The van der Waals surface area contributed by atoms with Crippen LogP contribution >= 0.6 is 11.3 Å². The molecule has 2 heterocycles. The summed E-state index contributed by atoms with van der Waals surface area (Å²) < 4.78 is 1.44. The highest BCUT2D eigenvalue weighted by Gasteiger charge is 2.49. The van der Waals surface area contributed by atoms with Crippen LogP contribution in [0.4, 0.5) is 5.69 Å². The van der Waals surface area contributed by atoms with E-state index in [2.05, 4.69) is 87.6 Å². The lowest BCUT2D eigenvalue weighted by Crippen LogP contribution is -2.31. The maximum Gasteiger partial charge on any atom is 0.0410 e. The van der Waals surface area contributed by atoms with E-state index in [9.17, 15) is 0 Å². The summed E-state index contributed by atoms with van der Waals surface area (Å²) in [6, 6.07) is 16.7. The molecular weight excluding hydrogens is 394 g/mol. The normalized spacial score (nSPS) is 31.4. The van der Waals surface area contributed by atoms with Crippen LogP contribution in [0.5, 0.6) is 0 Å². The number of para-hydroxylation sites is 1. The quantitative estimate of drug-likeness (QED) is 0.436. The molecule has 0 saturated heterocycles. The van der Waals surface area contributed by atoms with Crippen LogP contribution in [0.15, 0.2) is 48.5 Å². The summed E-state index contributed by atoms with van der Waals surface area (Å²) >= 11 is 1.98. The van der Waals surface area contributed by atoms with Crippen molar-refractivity contribution >= 4 is 33.2 Å². The summed E-state index contributed by atoms with van der Waals surface area (Å²) in [5.74, 6) is 3.80. The fourth-order valence-electron chi connectivity index (χ4n) is 6.86. The molecule has 6 rings (SSSR count). The molecule has 0 radical (unpaired) electrons. The molecule has 6 atom stereocenters. The van der Waals surface area contributed by atoms with E-state index in [1.165, 1.54) is 39.1 Å². The molecule has 5 unspecified atom stereocenters. The van der Waals surface area contributed by atoms with Crippen molar-refractivity contribution in [2.75, 3.05) is 5.32 Å². The third kappa shape index (κ3) is 2.87. The van der Waals surface area contributed by atoms with Crippen molar-refractivity contribution < 1.29 is 0 Å². The van der Waals surface area contributed by atoms with Crippen LogP contribution in [0, 0.1) is 23.7 Å². The highest BCUT2D eigenvalue weighted by atomic mass is 32.1. The lowest BCUT2D eigenvalue weighted by atomic mass is 9.75. The summed E-state index contributed by atoms with van der Waals surface area (Å²) in [5.41, 5.74) is 6.20. The highest BCUT2D eigenvalue weighted by Crippen LogP contribution is 2.61. The zero-order valence-electron chi connectivity index (χ0n) is 19.1. The fraction of sp³-hybridized carbons (Fsp3) is 0.448. The standard InChI is InChI=1S/C29H33NS/c1-16(2)23-14-12-19-8-7-10-22(29(19)30-23)26-17(3)18(4)27-21(26)13-15-25-28(27)20-9-5-6-11-24(20)31-25/h5-11,13,15-18,21,23,26-27,30H,12,14H2,1-4H3/t17-,18?,21?,23?,26?,27?/m1/s1. The Morgan fingerprint density at radius 2 is 1.77 bits per heavy atom. The number of rotatable bonds is 2. The maximum atomic E-state index is 3.99. The van der Waals surface area contributed by atoms with Crippen LogP contribution in [0.1, 0.15) is 67.5 Å². The van der Waals surface area contributed by atoms with Gasteiger partial charge in [0.2, 0.25) is 0 Å². The highest BCUT2D eigenvalue weighted by molar-refractivity contribution is 7.20. The number of allylic oxidation sites excluding steroid dienone is 1. The Bertz CT molecular complexity index is 1170. The Kier molecular flexibility index (Phi) is 4.58. The Morgan fingerprint density at radius 3 is 2.61 bits per heavy atom. The smallest absolute Gasteiger partial charge is 0.0410 e. The van der Waals surface area contributed by atoms with E-state index in [1.54, 1.807) is 11.1 Å². The van der Waals surface area contributed by atoms with Gasteiger partial charge in [-0.05, 0) is 82.6 Å². The minimum absolute atomic E-state index is 0.580. The molecule has 1 saturated carbocycles. The monoisotopic (exact) mass is 427 g/mol. The van der Waals surface area contributed by atoms with Crippen molar-refractivity contribution in [1.82, 2.24) is 0 Å². The Morgan fingerprint density at radius 1 is 0.968 bits per heavy atom. The number of anilines is 1. The molecule has 2 heteroatoms. The lowest BCUT2D eigenvalue weighted by Gasteiger charge is -2.35. The van der Waals surface area contributed by atoms with Crippen LogP contribution < -0.4 is 5.32 Å². The van der Waals surface area contributed by atoms with Gasteiger partial charge in [0.1, 0.15) is 0 Å². The van der Waals surface area contributed by atoms with Crippen LogP contribution in [-0.2, 0) is 6.42 Å². The Labute approximate surface area is 190 Å². The van der Waals surface area contributed by atoms with Crippen LogP contribution in [0.25, 0.3) is 16.2 Å². The van der Waals surface area contributed by atoms with Crippen LogP contribution in [0.2, 0.25) is 0 Å². The predicted molar refractivity (Wildman–Crippen MR) is 135 cm³/mol. The predicted octanol–water partition coefficient (Wildman–Crippen LogP) is 8.08. The third-order valence-corrected chi connectivity index (χ3v) is 9.81. The van der Waals surface area contributed by atoms with E-state index >= 15 is 0 Å². The van der Waals surface area contributed by atoms with Crippen molar-refractivity contribution in [3.8, 4) is 0 Å². The lowest BCUT2D eigenvalue weighted by molar-refractivity contribution is 0.402. The number of hydrogen-bond acceptors (Lipinski definition) is 2. The van der Waals surface area contributed by atoms with E-state index in [-0.39, 0.29) is 0 Å². The second kappa shape index (κ2) is 7.24. The second-order valence-corrected chi connectivity index (χ2v) is 11.6. The molecule has 0 amide bonds. The molecule has 2 aliphatic carbocycles. The van der Waals surface area contributed by atoms with E-state index in [0.29, 0.717) is 41.5 Å². The SMILES string of the molecule is CC(C)C1CCc2cccc(C3C4C=Cc5sc6ccccc6c5C4C(C)[C@H]3C)c2N1. The zero-order chi connectivity index (χ0) is 21.3. The number of benzene rings is 2. The summed E-state index contributed by atoms with van der Waals surface area (Å²) in [6.07, 6.45) is 7.47. The van der Waals surface area contributed by atoms with Gasteiger partial charge in [-0.25, -0.2) is 0 Å². The van der Waals surface area contributed by atoms with Gasteiger partial charge in [0.15, 0.2) is 0 Å². The van der Waals surface area contributed by atoms with Gasteiger partial charge in [0.25, 0.3) is 0 Å². The molecule has 1 aromatic heterocycles. The third-order valence-electron chi connectivity index (χ3n) is 8.66. The summed E-state index contributed by atoms with van der Waals surface area (Å²) in [4.78, 5) is 1.50. The minimum atomic E-state index is 0.580. The first-order chi connectivity index (χ1) is 15.0. The molecule has 3 aliphatic rings.